The summed E-state index contributed by atoms with van der Waals surface area (Å²) in [5, 5.41) is 15.4. The maximum absolute atomic E-state index is 13.2. The van der Waals surface area contributed by atoms with Crippen molar-refractivity contribution >= 4 is 34.1 Å². The molecule has 2 amide bonds. The van der Waals surface area contributed by atoms with Crippen molar-refractivity contribution in [2.75, 3.05) is 23.0 Å². The standard InChI is InChI=1S/C34H34N6O/c1-23-13-15-26(34(2,3)4)22-30(23)40-32(18-20-37-40)39-33(41)38-29-16-14-25(27-11-6-7-12-28(27)29)10-8-9-24-17-19-36-31(21-24)35-5/h6-7,11-22H,9H2,1-5H3,(H,35,36)(H2,38,39,41). The lowest BCUT2D eigenvalue weighted by Gasteiger charge is -2.21. The first-order valence-corrected chi connectivity index (χ1v) is 13.6. The van der Waals surface area contributed by atoms with Crippen molar-refractivity contribution in [2.24, 2.45) is 0 Å². The Labute approximate surface area is 241 Å². The number of amides is 2. The van der Waals surface area contributed by atoms with Gasteiger partial charge in [0.25, 0.3) is 0 Å². The lowest BCUT2D eigenvalue weighted by atomic mass is 9.86. The predicted octanol–water partition coefficient (Wildman–Crippen LogP) is 7.31. The maximum atomic E-state index is 13.2. The van der Waals surface area contributed by atoms with Crippen molar-refractivity contribution in [3.05, 3.63) is 107 Å². The molecule has 0 bridgehead atoms. The summed E-state index contributed by atoms with van der Waals surface area (Å²) in [7, 11) is 1.85. The predicted molar refractivity (Wildman–Crippen MR) is 168 cm³/mol. The molecule has 3 aromatic carbocycles. The van der Waals surface area contributed by atoms with Gasteiger partial charge < -0.3 is 10.6 Å². The molecule has 2 heterocycles. The molecule has 0 fully saturated rings. The number of anilines is 3. The number of carbonyl (C=O) groups excluding carboxylic acids is 1. The third-order valence-electron chi connectivity index (χ3n) is 6.96. The monoisotopic (exact) mass is 542 g/mol. The second kappa shape index (κ2) is 11.6. The minimum Gasteiger partial charge on any atom is -0.373 e. The van der Waals surface area contributed by atoms with Crippen LogP contribution in [-0.2, 0) is 11.8 Å². The summed E-state index contributed by atoms with van der Waals surface area (Å²) in [5.41, 5.74) is 5.89. The molecular formula is C34H34N6O. The van der Waals surface area contributed by atoms with Crippen LogP contribution in [0.25, 0.3) is 16.5 Å². The van der Waals surface area contributed by atoms with Crippen LogP contribution in [0.3, 0.4) is 0 Å². The highest BCUT2D eigenvalue weighted by molar-refractivity contribution is 6.07. The van der Waals surface area contributed by atoms with Crippen LogP contribution < -0.4 is 16.0 Å². The van der Waals surface area contributed by atoms with Crippen molar-refractivity contribution in [2.45, 2.75) is 39.5 Å². The van der Waals surface area contributed by atoms with E-state index in [0.29, 0.717) is 17.9 Å². The van der Waals surface area contributed by atoms with Crippen LogP contribution in [0.1, 0.15) is 43.0 Å². The Morgan fingerprint density at radius 3 is 2.51 bits per heavy atom. The highest BCUT2D eigenvalue weighted by Crippen LogP contribution is 2.29. The molecule has 41 heavy (non-hydrogen) atoms. The Hall–Kier alpha value is -5.09. The Bertz CT molecular complexity index is 1780. The number of carbonyl (C=O) groups is 1. The summed E-state index contributed by atoms with van der Waals surface area (Å²) in [6, 6.07) is 23.6. The van der Waals surface area contributed by atoms with Gasteiger partial charge in [-0.2, -0.15) is 5.10 Å². The molecule has 2 aromatic heterocycles. The minimum atomic E-state index is -0.349. The molecule has 7 nitrogen and oxygen atoms in total. The number of pyridine rings is 1. The van der Waals surface area contributed by atoms with Gasteiger partial charge in [-0.25, -0.2) is 14.5 Å². The van der Waals surface area contributed by atoms with Gasteiger partial charge in [0, 0.05) is 36.7 Å². The number of hydrogen-bond acceptors (Lipinski definition) is 4. The fourth-order valence-electron chi connectivity index (χ4n) is 4.64. The van der Waals surface area contributed by atoms with E-state index in [0.717, 1.165) is 39.0 Å². The number of nitrogens with zero attached hydrogens (tertiary/aromatic N) is 3. The molecule has 0 spiro atoms. The normalized spacial score (nSPS) is 11.0. The molecule has 5 rings (SSSR count). The molecule has 0 aliphatic carbocycles. The van der Waals surface area contributed by atoms with Crippen LogP contribution in [-0.4, -0.2) is 27.8 Å². The summed E-state index contributed by atoms with van der Waals surface area (Å²) >= 11 is 0. The topological polar surface area (TPSA) is 83.9 Å². The van der Waals surface area contributed by atoms with E-state index in [9.17, 15) is 4.79 Å². The van der Waals surface area contributed by atoms with Crippen molar-refractivity contribution in [3.63, 3.8) is 0 Å². The number of aryl methyl sites for hydroxylation is 1. The van der Waals surface area contributed by atoms with Crippen molar-refractivity contribution in [1.82, 2.24) is 14.8 Å². The average molecular weight is 543 g/mol. The highest BCUT2D eigenvalue weighted by Gasteiger charge is 2.17. The first kappa shape index (κ1) is 27.5. The van der Waals surface area contributed by atoms with E-state index >= 15 is 0 Å². The Balaban J connectivity index is 1.36. The molecule has 3 N–H and O–H groups in total. The van der Waals surface area contributed by atoms with Crippen molar-refractivity contribution in [3.8, 4) is 17.5 Å². The summed E-state index contributed by atoms with van der Waals surface area (Å²) in [5.74, 6) is 7.99. The summed E-state index contributed by atoms with van der Waals surface area (Å²) in [6.07, 6.45) is 4.08. The number of nitrogens with one attached hydrogen (secondary N) is 3. The van der Waals surface area contributed by atoms with E-state index in [4.69, 9.17) is 0 Å². The lowest BCUT2D eigenvalue weighted by molar-refractivity contribution is 0.262. The Morgan fingerprint density at radius 1 is 0.927 bits per heavy atom. The molecule has 0 radical (unpaired) electrons. The minimum absolute atomic E-state index is 0.00669. The fraction of sp³-hybridized carbons (Fsp3) is 0.206. The fourth-order valence-corrected chi connectivity index (χ4v) is 4.64. The zero-order valence-electron chi connectivity index (χ0n) is 24.0. The quantitative estimate of drug-likeness (QED) is 0.203. The van der Waals surface area contributed by atoms with Gasteiger partial charge in [0.05, 0.1) is 17.6 Å². The van der Waals surface area contributed by atoms with Crippen LogP contribution >= 0.6 is 0 Å². The van der Waals surface area contributed by atoms with Crippen LogP contribution in [0.5, 0.6) is 0 Å². The number of rotatable bonds is 5. The van der Waals surface area contributed by atoms with Gasteiger partial charge in [-0.15, -0.1) is 0 Å². The number of aromatic nitrogens is 3. The second-order valence-electron chi connectivity index (χ2n) is 10.9. The second-order valence-corrected chi connectivity index (χ2v) is 10.9. The summed E-state index contributed by atoms with van der Waals surface area (Å²) in [4.78, 5) is 17.4. The molecule has 0 aliphatic heterocycles. The molecule has 0 atom stereocenters. The Morgan fingerprint density at radius 2 is 1.73 bits per heavy atom. The van der Waals surface area contributed by atoms with Gasteiger partial charge in [-0.3, -0.25) is 5.32 Å². The largest absolute Gasteiger partial charge is 0.373 e. The molecule has 5 aromatic rings. The molecule has 7 heteroatoms. The number of fused-ring (bicyclic) bond motifs is 1. The van der Waals surface area contributed by atoms with Crippen LogP contribution in [0, 0.1) is 18.8 Å². The van der Waals surface area contributed by atoms with E-state index in [-0.39, 0.29) is 11.4 Å². The molecule has 0 saturated carbocycles. The van der Waals surface area contributed by atoms with Gasteiger partial charge in [0.1, 0.15) is 11.6 Å². The van der Waals surface area contributed by atoms with E-state index in [1.165, 1.54) is 5.56 Å². The van der Waals surface area contributed by atoms with Crippen LogP contribution in [0.2, 0.25) is 0 Å². The molecule has 206 valence electrons. The van der Waals surface area contributed by atoms with E-state index in [1.54, 1.807) is 23.1 Å². The van der Waals surface area contributed by atoms with Gasteiger partial charge in [-0.1, -0.05) is 69.0 Å². The van der Waals surface area contributed by atoms with E-state index in [2.05, 4.69) is 76.8 Å². The summed E-state index contributed by atoms with van der Waals surface area (Å²) in [6.45, 7) is 8.58. The molecular weight excluding hydrogens is 508 g/mol. The molecule has 0 saturated heterocycles. The molecule has 0 unspecified atom stereocenters. The SMILES string of the molecule is CNc1cc(CC#Cc2ccc(NC(=O)Nc3ccnn3-c3cc(C(C)(C)C)ccc3C)c3ccccc23)ccn1. The zero-order chi connectivity index (χ0) is 29.0. The van der Waals surface area contributed by atoms with E-state index < -0.39 is 0 Å². The maximum Gasteiger partial charge on any atom is 0.324 e. The van der Waals surface area contributed by atoms with Gasteiger partial charge >= 0.3 is 6.03 Å². The van der Waals surface area contributed by atoms with Gasteiger partial charge in [0.2, 0.25) is 0 Å². The first-order valence-electron chi connectivity index (χ1n) is 13.6. The first-order chi connectivity index (χ1) is 19.7. The average Bonchev–Trinajstić information content (AvgIpc) is 3.41. The Kier molecular flexibility index (Phi) is 7.75. The van der Waals surface area contributed by atoms with E-state index in [1.807, 2.05) is 62.5 Å². The smallest absolute Gasteiger partial charge is 0.324 e. The third kappa shape index (κ3) is 6.23. The van der Waals surface area contributed by atoms with Gasteiger partial charge in [0.15, 0.2) is 0 Å². The summed E-state index contributed by atoms with van der Waals surface area (Å²) < 4.78 is 1.77. The van der Waals surface area contributed by atoms with Crippen molar-refractivity contribution < 1.29 is 4.79 Å². The van der Waals surface area contributed by atoms with Crippen LogP contribution in [0.4, 0.5) is 22.1 Å². The highest BCUT2D eigenvalue weighted by atomic mass is 16.2. The number of urea groups is 1. The molecule has 0 aliphatic rings. The lowest BCUT2D eigenvalue weighted by Crippen LogP contribution is -2.22. The van der Waals surface area contributed by atoms with Crippen LogP contribution in [0.15, 0.2) is 85.2 Å². The van der Waals surface area contributed by atoms with Gasteiger partial charge in [-0.05, 0) is 64.7 Å². The van der Waals surface area contributed by atoms with Crippen molar-refractivity contribution in [1.29, 1.82) is 0 Å². The zero-order valence-corrected chi connectivity index (χ0v) is 24.0. The number of benzene rings is 3. The third-order valence-corrected chi connectivity index (χ3v) is 6.96. The number of hydrogen-bond donors (Lipinski definition) is 3.